The number of hydrogen-bond donors (Lipinski definition) is 2. The zero-order valence-corrected chi connectivity index (χ0v) is 24.3. The number of carbonyl (C=O) groups is 2. The van der Waals surface area contributed by atoms with Gasteiger partial charge in [-0.05, 0) is 93.0 Å². The summed E-state index contributed by atoms with van der Waals surface area (Å²) >= 11 is 0. The van der Waals surface area contributed by atoms with Gasteiger partial charge in [0.15, 0.2) is 0 Å². The number of aryl methyl sites for hydroxylation is 2. The highest BCUT2D eigenvalue weighted by Crippen LogP contribution is 2.53. The molecule has 2 amide bonds. The molecule has 2 unspecified atom stereocenters. The molecule has 0 fully saturated rings. The summed E-state index contributed by atoms with van der Waals surface area (Å²) in [5.41, 5.74) is -4.98. The van der Waals surface area contributed by atoms with Crippen LogP contribution in [0.4, 0.5) is 36.8 Å². The van der Waals surface area contributed by atoms with E-state index in [0.717, 1.165) is 29.7 Å². The lowest BCUT2D eigenvalue weighted by atomic mass is 9.85. The van der Waals surface area contributed by atoms with E-state index in [1.165, 1.54) is 0 Å². The minimum atomic E-state index is -5.91. The molecule has 0 aromatic heterocycles. The fourth-order valence-electron chi connectivity index (χ4n) is 5.11. The van der Waals surface area contributed by atoms with E-state index >= 15 is 4.39 Å². The number of ether oxygens (including phenoxy) is 1. The monoisotopic (exact) mass is 598 g/mol. The molecule has 5 nitrogen and oxygen atoms in total. The molecule has 0 heterocycles. The first-order chi connectivity index (χ1) is 19.3. The number of carbonyl (C=O) groups excluding carboxylic acids is 2. The van der Waals surface area contributed by atoms with Gasteiger partial charge in [-0.25, -0.2) is 18.0 Å². The Bertz CT molecular complexity index is 1330. The molecule has 230 valence electrons. The Morgan fingerprint density at radius 3 is 2.26 bits per heavy atom. The first kappa shape index (κ1) is 33.0. The van der Waals surface area contributed by atoms with Crippen LogP contribution in [0.2, 0.25) is 0 Å². The number of halogens is 6. The lowest BCUT2D eigenvalue weighted by Gasteiger charge is -2.34. The fourth-order valence-corrected chi connectivity index (χ4v) is 5.11. The summed E-state index contributed by atoms with van der Waals surface area (Å²) in [7, 11) is 0. The van der Waals surface area contributed by atoms with E-state index in [1.54, 1.807) is 45.9 Å². The fraction of sp³-hybridized carbons (Fsp3) is 0.484. The maximum atomic E-state index is 15.3. The highest BCUT2D eigenvalue weighted by atomic mass is 19.4. The molecule has 42 heavy (non-hydrogen) atoms. The first-order valence-corrected chi connectivity index (χ1v) is 13.7. The normalized spacial score (nSPS) is 17.1. The van der Waals surface area contributed by atoms with Crippen molar-refractivity contribution >= 4 is 23.8 Å². The van der Waals surface area contributed by atoms with Crippen molar-refractivity contribution in [1.82, 2.24) is 5.32 Å². The number of rotatable bonds is 8. The molecule has 2 atom stereocenters. The van der Waals surface area contributed by atoms with Gasteiger partial charge in [-0.3, -0.25) is 4.79 Å². The molecule has 3 rings (SSSR count). The van der Waals surface area contributed by atoms with Crippen molar-refractivity contribution in [2.24, 2.45) is 0 Å². The summed E-state index contributed by atoms with van der Waals surface area (Å²) < 4.78 is 90.0. The second-order valence-corrected chi connectivity index (χ2v) is 11.6. The molecule has 0 aliphatic heterocycles. The largest absolute Gasteiger partial charge is 0.444 e. The van der Waals surface area contributed by atoms with Crippen molar-refractivity contribution < 1.29 is 40.7 Å². The van der Waals surface area contributed by atoms with Gasteiger partial charge in [-0.2, -0.15) is 13.2 Å². The van der Waals surface area contributed by atoms with Crippen LogP contribution in [-0.4, -0.2) is 29.7 Å². The minimum Gasteiger partial charge on any atom is -0.444 e. The van der Waals surface area contributed by atoms with Crippen molar-refractivity contribution in [3.63, 3.8) is 0 Å². The van der Waals surface area contributed by atoms with Gasteiger partial charge in [-0.15, -0.1) is 0 Å². The molecule has 0 bridgehead atoms. The number of benzene rings is 2. The minimum absolute atomic E-state index is 0.0618. The number of hydrogen-bond acceptors (Lipinski definition) is 3. The Kier molecular flexibility index (Phi) is 9.44. The number of anilines is 1. The van der Waals surface area contributed by atoms with Crippen molar-refractivity contribution in [2.45, 2.75) is 96.1 Å². The average Bonchev–Trinajstić information content (AvgIpc) is 2.86. The van der Waals surface area contributed by atoms with Gasteiger partial charge in [0.05, 0.1) is 11.7 Å². The molecule has 1 aliphatic carbocycles. The summed E-state index contributed by atoms with van der Waals surface area (Å²) in [4.78, 5) is 25.7. The molecular weight excluding hydrogens is 562 g/mol. The quantitative estimate of drug-likeness (QED) is 0.299. The lowest BCUT2D eigenvalue weighted by molar-refractivity contribution is -0.304. The molecular formula is C31H36F6N2O3. The van der Waals surface area contributed by atoms with Crippen LogP contribution >= 0.6 is 0 Å². The van der Waals surface area contributed by atoms with E-state index in [0.29, 0.717) is 25.3 Å². The molecule has 2 aromatic carbocycles. The van der Waals surface area contributed by atoms with Gasteiger partial charge in [0, 0.05) is 18.1 Å². The van der Waals surface area contributed by atoms with Crippen LogP contribution in [0.3, 0.4) is 0 Å². The average molecular weight is 599 g/mol. The van der Waals surface area contributed by atoms with Gasteiger partial charge >= 0.3 is 12.3 Å². The smallest absolute Gasteiger partial charge is 0.432 e. The predicted molar refractivity (Wildman–Crippen MR) is 149 cm³/mol. The highest BCUT2D eigenvalue weighted by molar-refractivity contribution is 6.06. The first-order valence-electron chi connectivity index (χ1n) is 13.7. The van der Waals surface area contributed by atoms with Crippen LogP contribution in [0.25, 0.3) is 6.08 Å². The van der Waals surface area contributed by atoms with Crippen LogP contribution in [0, 0.1) is 0 Å². The van der Waals surface area contributed by atoms with Crippen molar-refractivity contribution in [3.05, 3.63) is 70.3 Å². The van der Waals surface area contributed by atoms with E-state index in [-0.39, 0.29) is 41.8 Å². The summed E-state index contributed by atoms with van der Waals surface area (Å²) in [6.45, 7) is 10.4. The van der Waals surface area contributed by atoms with E-state index in [1.807, 2.05) is 0 Å². The number of nitrogens with one attached hydrogen (secondary N) is 2. The van der Waals surface area contributed by atoms with E-state index < -0.39 is 40.9 Å². The summed E-state index contributed by atoms with van der Waals surface area (Å²) in [6, 6.07) is 6.01. The Morgan fingerprint density at radius 2 is 1.71 bits per heavy atom. The summed E-state index contributed by atoms with van der Waals surface area (Å²) in [6.07, 6.45) is -2.85. The Balaban J connectivity index is 1.97. The van der Waals surface area contributed by atoms with Gasteiger partial charge in [0.1, 0.15) is 5.60 Å². The Morgan fingerprint density at radius 1 is 1.05 bits per heavy atom. The zero-order chi connectivity index (χ0) is 31.7. The third kappa shape index (κ3) is 6.93. The number of fused-ring (bicyclic) bond motifs is 1. The van der Waals surface area contributed by atoms with Crippen molar-refractivity contribution in [1.29, 1.82) is 0 Å². The standard InChI is InChI=1S/C31H36F6N2O3/c1-7-10-20-17-22(30(34,29(6,32)33)31(35,36)37)16-18(8-2)25(20)39-26(40)21-13-14-23-19(15-21)11-9-12-24(23)38-27(41)42-28(3,4)5/h8,13-17,24H,2,7,9-12H2,1,3-6H3,(H,38,41)(H,39,40). The maximum Gasteiger partial charge on any atom is 0.432 e. The van der Waals surface area contributed by atoms with Crippen LogP contribution < -0.4 is 10.6 Å². The molecule has 0 saturated heterocycles. The number of alkyl carbamates (subject to hydrolysis) is 1. The molecule has 2 aromatic rings. The van der Waals surface area contributed by atoms with Crippen molar-refractivity contribution in [2.75, 3.05) is 5.32 Å². The van der Waals surface area contributed by atoms with E-state index in [4.69, 9.17) is 4.74 Å². The second-order valence-electron chi connectivity index (χ2n) is 11.6. The SMILES string of the molecule is C=Cc1cc(C(F)(C(C)(F)F)C(F)(F)F)cc(CCC)c1NC(=O)c1ccc2c(c1)CCCC2NC(=O)OC(C)(C)C. The zero-order valence-electron chi connectivity index (χ0n) is 24.3. The number of amides is 2. The van der Waals surface area contributed by atoms with Crippen LogP contribution in [0.15, 0.2) is 36.9 Å². The van der Waals surface area contributed by atoms with Crippen molar-refractivity contribution in [3.8, 4) is 0 Å². The van der Waals surface area contributed by atoms with Crippen LogP contribution in [0.5, 0.6) is 0 Å². The van der Waals surface area contributed by atoms with Crippen LogP contribution in [0.1, 0.15) is 98.1 Å². The van der Waals surface area contributed by atoms with Gasteiger partial charge in [0.2, 0.25) is 0 Å². The van der Waals surface area contributed by atoms with Gasteiger partial charge in [0.25, 0.3) is 17.5 Å². The van der Waals surface area contributed by atoms with E-state index in [2.05, 4.69) is 17.2 Å². The van der Waals surface area contributed by atoms with Gasteiger partial charge < -0.3 is 15.4 Å². The summed E-state index contributed by atoms with van der Waals surface area (Å²) in [5.74, 6) is -5.38. The molecule has 1 aliphatic rings. The Labute approximate surface area is 241 Å². The molecule has 2 N–H and O–H groups in total. The van der Waals surface area contributed by atoms with Gasteiger partial charge in [-0.1, -0.05) is 32.1 Å². The predicted octanol–water partition coefficient (Wildman–Crippen LogP) is 8.82. The third-order valence-electron chi connectivity index (χ3n) is 7.03. The molecule has 11 heteroatoms. The third-order valence-corrected chi connectivity index (χ3v) is 7.03. The molecule has 0 spiro atoms. The maximum absolute atomic E-state index is 15.3. The Hall–Kier alpha value is -3.50. The molecule has 0 saturated carbocycles. The van der Waals surface area contributed by atoms with E-state index in [9.17, 15) is 31.5 Å². The van der Waals surface area contributed by atoms with Crippen LogP contribution in [-0.2, 0) is 23.2 Å². The highest BCUT2D eigenvalue weighted by Gasteiger charge is 2.70. The number of alkyl halides is 6. The molecule has 0 radical (unpaired) electrons. The summed E-state index contributed by atoms with van der Waals surface area (Å²) in [5, 5.41) is 5.53. The topological polar surface area (TPSA) is 67.4 Å². The second kappa shape index (κ2) is 12.0. The lowest BCUT2D eigenvalue weighted by Crippen LogP contribution is -2.51.